The van der Waals surface area contributed by atoms with Crippen LogP contribution < -0.4 is 0 Å². The number of carbonyl (C=O) groups is 1. The van der Waals surface area contributed by atoms with Gasteiger partial charge in [0.2, 0.25) is 0 Å². The quantitative estimate of drug-likeness (QED) is 0.0482. The first-order valence-corrected chi connectivity index (χ1v) is 21.9. The van der Waals surface area contributed by atoms with E-state index in [0.29, 0.717) is 6.42 Å². The van der Waals surface area contributed by atoms with Gasteiger partial charge in [-0.1, -0.05) is 206 Å². The van der Waals surface area contributed by atoms with Crippen LogP contribution in [0.1, 0.15) is 251 Å². The fourth-order valence-electron chi connectivity index (χ4n) is 7.04. The van der Waals surface area contributed by atoms with E-state index in [0.717, 1.165) is 32.2 Å². The van der Waals surface area contributed by atoms with Gasteiger partial charge in [0.1, 0.15) is 6.10 Å². The Hall–Kier alpha value is -0.570. The molecule has 0 radical (unpaired) electrons. The molecule has 0 unspecified atom stereocenters. The van der Waals surface area contributed by atoms with Crippen LogP contribution in [-0.2, 0) is 9.53 Å². The summed E-state index contributed by atoms with van der Waals surface area (Å²) < 4.78 is 6.05. The minimum absolute atomic E-state index is 0.0433. The summed E-state index contributed by atoms with van der Waals surface area (Å²) in [5.74, 6) is 0.0433. The molecule has 3 heteroatoms. The monoisotopic (exact) mass is 664 g/mol. The summed E-state index contributed by atoms with van der Waals surface area (Å²) in [7, 11) is 4.20. The molecule has 0 N–H and O–H groups in total. The minimum atomic E-state index is 0.0433. The SMILES string of the molecule is CCCCCCCCCCCCCCCCCCC(CCCCCCCCCCCCCCCCCC)OC(=O)CCCCN(C)C. The highest BCUT2D eigenvalue weighted by Crippen LogP contribution is 2.19. The number of rotatable bonds is 40. The standard InChI is InChI=1S/C44H89NO2/c1-5-7-9-11-13-15-17-19-21-23-25-27-29-31-33-35-39-43(47-44(46)41-37-38-42-45(3)4)40-36-34-32-30-28-26-24-22-20-18-16-14-12-10-8-6-2/h43H,5-42H2,1-4H3. The molecule has 0 aliphatic rings. The summed E-state index contributed by atoms with van der Waals surface area (Å²) in [4.78, 5) is 14.8. The molecular weight excluding hydrogens is 574 g/mol. The summed E-state index contributed by atoms with van der Waals surface area (Å²) in [6.07, 6.45) is 49.7. The maximum atomic E-state index is 12.6. The number of ether oxygens (including phenoxy) is 1. The molecule has 0 saturated heterocycles. The van der Waals surface area contributed by atoms with Crippen LogP contribution in [-0.4, -0.2) is 37.6 Å². The Morgan fingerprint density at radius 1 is 0.404 bits per heavy atom. The molecule has 0 aromatic rings. The zero-order chi connectivity index (χ0) is 34.3. The van der Waals surface area contributed by atoms with Crippen LogP contribution in [0.2, 0.25) is 0 Å². The summed E-state index contributed by atoms with van der Waals surface area (Å²) in [6.45, 7) is 5.65. The van der Waals surface area contributed by atoms with E-state index in [1.165, 1.54) is 205 Å². The predicted molar refractivity (Wildman–Crippen MR) is 211 cm³/mol. The van der Waals surface area contributed by atoms with E-state index in [2.05, 4.69) is 32.8 Å². The van der Waals surface area contributed by atoms with Crippen molar-refractivity contribution in [1.29, 1.82) is 0 Å². The molecule has 0 aliphatic carbocycles. The van der Waals surface area contributed by atoms with E-state index in [-0.39, 0.29) is 12.1 Å². The molecule has 0 heterocycles. The lowest BCUT2D eigenvalue weighted by atomic mass is 10.0. The third kappa shape index (κ3) is 39.7. The fourth-order valence-corrected chi connectivity index (χ4v) is 7.04. The minimum Gasteiger partial charge on any atom is -0.462 e. The Bertz CT molecular complexity index is 555. The number of carbonyl (C=O) groups excluding carboxylic acids is 1. The lowest BCUT2D eigenvalue weighted by Gasteiger charge is -2.18. The fraction of sp³-hybridized carbons (Fsp3) is 0.977. The average molecular weight is 664 g/mol. The topological polar surface area (TPSA) is 29.5 Å². The van der Waals surface area contributed by atoms with Crippen molar-refractivity contribution in [3.8, 4) is 0 Å². The van der Waals surface area contributed by atoms with Gasteiger partial charge in [-0.05, 0) is 59.2 Å². The molecule has 282 valence electrons. The molecule has 0 rings (SSSR count). The van der Waals surface area contributed by atoms with Crippen molar-refractivity contribution >= 4 is 5.97 Å². The number of hydrogen-bond acceptors (Lipinski definition) is 3. The molecule has 3 nitrogen and oxygen atoms in total. The van der Waals surface area contributed by atoms with Crippen LogP contribution in [0.25, 0.3) is 0 Å². The first-order valence-electron chi connectivity index (χ1n) is 21.9. The number of nitrogens with zero attached hydrogens (tertiary/aromatic N) is 1. The van der Waals surface area contributed by atoms with Gasteiger partial charge < -0.3 is 9.64 Å². The molecule has 0 saturated carbocycles. The second-order valence-electron chi connectivity index (χ2n) is 15.6. The van der Waals surface area contributed by atoms with E-state index < -0.39 is 0 Å². The molecule has 0 spiro atoms. The van der Waals surface area contributed by atoms with Gasteiger partial charge in [0.15, 0.2) is 0 Å². The van der Waals surface area contributed by atoms with Gasteiger partial charge in [-0.3, -0.25) is 4.79 Å². The number of esters is 1. The largest absolute Gasteiger partial charge is 0.462 e. The van der Waals surface area contributed by atoms with Crippen molar-refractivity contribution in [3.05, 3.63) is 0 Å². The maximum absolute atomic E-state index is 12.6. The third-order valence-electron chi connectivity index (χ3n) is 10.3. The number of unbranched alkanes of at least 4 members (excludes halogenated alkanes) is 31. The first-order chi connectivity index (χ1) is 23.1. The molecule has 0 aliphatic heterocycles. The highest BCUT2D eigenvalue weighted by atomic mass is 16.5. The van der Waals surface area contributed by atoms with Crippen molar-refractivity contribution < 1.29 is 9.53 Å². The van der Waals surface area contributed by atoms with Crippen molar-refractivity contribution in [2.75, 3.05) is 20.6 Å². The number of hydrogen-bond donors (Lipinski definition) is 0. The van der Waals surface area contributed by atoms with Crippen LogP contribution >= 0.6 is 0 Å². The smallest absolute Gasteiger partial charge is 0.306 e. The van der Waals surface area contributed by atoms with Gasteiger partial charge in [0, 0.05) is 6.42 Å². The van der Waals surface area contributed by atoms with E-state index in [4.69, 9.17) is 4.74 Å². The molecule has 0 atom stereocenters. The second-order valence-corrected chi connectivity index (χ2v) is 15.6. The van der Waals surface area contributed by atoms with Crippen LogP contribution in [0.3, 0.4) is 0 Å². The summed E-state index contributed by atoms with van der Waals surface area (Å²) in [5, 5.41) is 0. The van der Waals surface area contributed by atoms with Crippen LogP contribution in [0.5, 0.6) is 0 Å². The van der Waals surface area contributed by atoms with Gasteiger partial charge in [0.05, 0.1) is 0 Å². The Kier molecular flexibility index (Phi) is 39.4. The van der Waals surface area contributed by atoms with Gasteiger partial charge in [0.25, 0.3) is 0 Å². The van der Waals surface area contributed by atoms with Gasteiger partial charge in [-0.2, -0.15) is 0 Å². The Morgan fingerprint density at radius 2 is 0.681 bits per heavy atom. The molecular formula is C44H89NO2. The van der Waals surface area contributed by atoms with Gasteiger partial charge in [-0.25, -0.2) is 0 Å². The zero-order valence-electron chi connectivity index (χ0n) is 33.2. The Morgan fingerprint density at radius 3 is 0.957 bits per heavy atom. The van der Waals surface area contributed by atoms with Gasteiger partial charge >= 0.3 is 5.97 Å². The molecule has 0 amide bonds. The van der Waals surface area contributed by atoms with E-state index in [1.54, 1.807) is 0 Å². The molecule has 0 fully saturated rings. The Labute approximate surface area is 297 Å². The molecule has 0 aromatic heterocycles. The van der Waals surface area contributed by atoms with E-state index in [1.807, 2.05) is 0 Å². The van der Waals surface area contributed by atoms with Crippen LogP contribution in [0.4, 0.5) is 0 Å². The van der Waals surface area contributed by atoms with Crippen molar-refractivity contribution in [3.63, 3.8) is 0 Å². The maximum Gasteiger partial charge on any atom is 0.306 e. The normalized spacial score (nSPS) is 11.7. The molecule has 47 heavy (non-hydrogen) atoms. The Balaban J connectivity index is 3.90. The summed E-state index contributed by atoms with van der Waals surface area (Å²) in [6, 6.07) is 0. The first kappa shape index (κ1) is 46.4. The summed E-state index contributed by atoms with van der Waals surface area (Å²) >= 11 is 0. The van der Waals surface area contributed by atoms with Crippen molar-refractivity contribution in [2.45, 2.75) is 258 Å². The van der Waals surface area contributed by atoms with Crippen LogP contribution in [0, 0.1) is 0 Å². The zero-order valence-corrected chi connectivity index (χ0v) is 33.2. The van der Waals surface area contributed by atoms with Crippen molar-refractivity contribution in [2.24, 2.45) is 0 Å². The highest BCUT2D eigenvalue weighted by molar-refractivity contribution is 5.69. The lowest BCUT2D eigenvalue weighted by Crippen LogP contribution is -2.19. The molecule has 0 aromatic carbocycles. The summed E-state index contributed by atoms with van der Waals surface area (Å²) in [5.41, 5.74) is 0. The highest BCUT2D eigenvalue weighted by Gasteiger charge is 2.14. The second kappa shape index (κ2) is 39.9. The average Bonchev–Trinajstić information content (AvgIpc) is 3.06. The third-order valence-corrected chi connectivity index (χ3v) is 10.3. The van der Waals surface area contributed by atoms with Crippen molar-refractivity contribution in [1.82, 2.24) is 4.90 Å². The van der Waals surface area contributed by atoms with Crippen LogP contribution in [0.15, 0.2) is 0 Å². The lowest BCUT2D eigenvalue weighted by molar-refractivity contribution is -0.150. The predicted octanol–water partition coefficient (Wildman–Crippen LogP) is 14.9. The van der Waals surface area contributed by atoms with E-state index in [9.17, 15) is 4.79 Å². The van der Waals surface area contributed by atoms with Gasteiger partial charge in [-0.15, -0.1) is 0 Å². The van der Waals surface area contributed by atoms with E-state index >= 15 is 0 Å². The molecule has 0 bridgehead atoms.